The van der Waals surface area contributed by atoms with E-state index in [1.165, 1.54) is 30.5 Å². The van der Waals surface area contributed by atoms with E-state index in [4.69, 9.17) is 9.47 Å². The van der Waals surface area contributed by atoms with Crippen LogP contribution in [0.15, 0.2) is 18.2 Å². The fourth-order valence-electron chi connectivity index (χ4n) is 1.97. The summed E-state index contributed by atoms with van der Waals surface area (Å²) in [6.07, 6.45) is 0. The molecule has 0 aliphatic heterocycles. The fourth-order valence-corrected chi connectivity index (χ4v) is 2.83. The Bertz CT molecular complexity index is 685. The number of ether oxygens (including phenoxy) is 2. The molecule has 0 fully saturated rings. The Labute approximate surface area is 140 Å². The van der Waals surface area contributed by atoms with E-state index in [1.807, 2.05) is 0 Å². The minimum atomic E-state index is -0.254. The third kappa shape index (κ3) is 3.44. The maximum atomic E-state index is 12.9. The maximum absolute atomic E-state index is 12.9. The first-order chi connectivity index (χ1) is 10.8. The highest BCUT2D eigenvalue weighted by Crippen LogP contribution is 2.33. The van der Waals surface area contributed by atoms with Crippen molar-refractivity contribution in [3.8, 4) is 11.5 Å². The molecule has 0 N–H and O–H groups in total. The van der Waals surface area contributed by atoms with Gasteiger partial charge in [-0.1, -0.05) is 38.2 Å². The van der Waals surface area contributed by atoms with E-state index < -0.39 is 0 Å². The van der Waals surface area contributed by atoms with Crippen molar-refractivity contribution in [2.45, 2.75) is 26.2 Å². The smallest absolute Gasteiger partial charge is 0.267 e. The van der Waals surface area contributed by atoms with Gasteiger partial charge in [-0.15, -0.1) is 10.2 Å². The average Bonchev–Trinajstić information content (AvgIpc) is 3.02. The van der Waals surface area contributed by atoms with E-state index in [0.717, 1.165) is 5.01 Å². The van der Waals surface area contributed by atoms with Crippen LogP contribution in [0, 0.1) is 0 Å². The van der Waals surface area contributed by atoms with Gasteiger partial charge < -0.3 is 9.47 Å². The summed E-state index contributed by atoms with van der Waals surface area (Å²) >= 11 is 1.40. The van der Waals surface area contributed by atoms with Gasteiger partial charge in [0.25, 0.3) is 5.91 Å². The molecule has 0 aliphatic carbocycles. The molecule has 7 heteroatoms. The van der Waals surface area contributed by atoms with Gasteiger partial charge in [-0.3, -0.25) is 9.69 Å². The summed E-state index contributed by atoms with van der Waals surface area (Å²) in [5.41, 5.74) is 0.259. The number of rotatable bonds is 4. The Morgan fingerprint density at radius 1 is 1.13 bits per heavy atom. The molecule has 0 saturated carbocycles. The van der Waals surface area contributed by atoms with Crippen LogP contribution in [0.1, 0.15) is 36.1 Å². The second kappa shape index (κ2) is 6.54. The number of nitrogens with zero attached hydrogens (tertiary/aromatic N) is 3. The zero-order valence-corrected chi connectivity index (χ0v) is 15.0. The first kappa shape index (κ1) is 17.2. The minimum absolute atomic E-state index is 0.109. The number of carbonyl (C=O) groups excluding carboxylic acids is 1. The fraction of sp³-hybridized carbons (Fsp3) is 0.438. The highest BCUT2D eigenvalue weighted by Gasteiger charge is 2.26. The van der Waals surface area contributed by atoms with E-state index in [9.17, 15) is 4.79 Å². The van der Waals surface area contributed by atoms with Crippen molar-refractivity contribution in [1.82, 2.24) is 10.2 Å². The second-order valence-corrected chi connectivity index (χ2v) is 7.00. The number of benzene rings is 1. The number of hydrogen-bond donors (Lipinski definition) is 0. The number of amides is 1. The SMILES string of the molecule is COc1cccc(OC)c1C(=O)N(C)c1nnc(C(C)(C)C)s1. The van der Waals surface area contributed by atoms with Gasteiger partial charge in [-0.2, -0.15) is 0 Å². The normalized spacial score (nSPS) is 11.2. The molecule has 124 valence electrons. The lowest BCUT2D eigenvalue weighted by molar-refractivity contribution is 0.0987. The van der Waals surface area contributed by atoms with Crippen LogP contribution in [0.2, 0.25) is 0 Å². The molecule has 0 spiro atoms. The monoisotopic (exact) mass is 335 g/mol. The van der Waals surface area contributed by atoms with Crippen LogP contribution in [-0.4, -0.2) is 37.4 Å². The molecular formula is C16H21N3O3S. The van der Waals surface area contributed by atoms with Crippen LogP contribution < -0.4 is 14.4 Å². The predicted octanol–water partition coefficient (Wildman–Crippen LogP) is 3.13. The number of carbonyl (C=O) groups is 1. The average molecular weight is 335 g/mol. The van der Waals surface area contributed by atoms with Gasteiger partial charge >= 0.3 is 0 Å². The zero-order chi connectivity index (χ0) is 17.2. The molecule has 0 saturated heterocycles. The Hall–Kier alpha value is -2.15. The van der Waals surface area contributed by atoms with Crippen molar-refractivity contribution in [2.75, 3.05) is 26.2 Å². The van der Waals surface area contributed by atoms with Crippen LogP contribution in [-0.2, 0) is 5.41 Å². The van der Waals surface area contributed by atoms with Crippen molar-refractivity contribution in [2.24, 2.45) is 0 Å². The Morgan fingerprint density at radius 2 is 1.70 bits per heavy atom. The Balaban J connectivity index is 2.39. The van der Waals surface area contributed by atoms with E-state index in [1.54, 1.807) is 25.2 Å². The standard InChI is InChI=1S/C16H21N3O3S/c1-16(2,3)14-17-18-15(23-14)19(4)13(20)12-10(21-5)8-7-9-11(12)22-6/h7-9H,1-6H3. The molecule has 0 radical (unpaired) electrons. The van der Waals surface area contributed by atoms with Gasteiger partial charge in [0.2, 0.25) is 5.13 Å². The molecule has 2 rings (SSSR count). The molecule has 1 heterocycles. The molecule has 1 aromatic heterocycles. The van der Waals surface area contributed by atoms with Crippen LogP contribution in [0.3, 0.4) is 0 Å². The summed E-state index contributed by atoms with van der Waals surface area (Å²) in [5.74, 6) is 0.666. The molecule has 0 atom stereocenters. The largest absolute Gasteiger partial charge is 0.496 e. The van der Waals surface area contributed by atoms with Gasteiger partial charge in [0.1, 0.15) is 22.1 Å². The van der Waals surface area contributed by atoms with Crippen molar-refractivity contribution >= 4 is 22.4 Å². The van der Waals surface area contributed by atoms with Crippen molar-refractivity contribution in [3.05, 3.63) is 28.8 Å². The van der Waals surface area contributed by atoms with E-state index in [0.29, 0.717) is 22.2 Å². The van der Waals surface area contributed by atoms with Crippen LogP contribution in [0.25, 0.3) is 0 Å². The third-order valence-corrected chi connectivity index (χ3v) is 4.71. The molecule has 1 aromatic carbocycles. The second-order valence-electron chi connectivity index (χ2n) is 6.04. The highest BCUT2D eigenvalue weighted by molar-refractivity contribution is 7.15. The van der Waals surface area contributed by atoms with Crippen molar-refractivity contribution in [3.63, 3.8) is 0 Å². The van der Waals surface area contributed by atoms with E-state index in [-0.39, 0.29) is 11.3 Å². The Morgan fingerprint density at radius 3 is 2.13 bits per heavy atom. The minimum Gasteiger partial charge on any atom is -0.496 e. The van der Waals surface area contributed by atoms with Gasteiger partial charge in [0.05, 0.1) is 14.2 Å². The number of anilines is 1. The molecule has 1 amide bonds. The third-order valence-electron chi connectivity index (χ3n) is 3.29. The van der Waals surface area contributed by atoms with E-state index >= 15 is 0 Å². The lowest BCUT2D eigenvalue weighted by Gasteiger charge is -2.18. The molecular weight excluding hydrogens is 314 g/mol. The summed E-state index contributed by atoms with van der Waals surface area (Å²) in [4.78, 5) is 14.3. The quantitative estimate of drug-likeness (QED) is 0.859. The van der Waals surface area contributed by atoms with Gasteiger partial charge in [-0.25, -0.2) is 0 Å². The molecule has 0 aliphatic rings. The number of aromatic nitrogens is 2. The number of methoxy groups -OCH3 is 2. The van der Waals surface area contributed by atoms with Gasteiger partial charge in [0.15, 0.2) is 0 Å². The molecule has 6 nitrogen and oxygen atoms in total. The first-order valence-corrected chi connectivity index (χ1v) is 7.94. The summed E-state index contributed by atoms with van der Waals surface area (Å²) < 4.78 is 10.6. The van der Waals surface area contributed by atoms with Crippen LogP contribution >= 0.6 is 11.3 Å². The van der Waals surface area contributed by atoms with Crippen molar-refractivity contribution in [1.29, 1.82) is 0 Å². The lowest BCUT2D eigenvalue weighted by Crippen LogP contribution is -2.27. The maximum Gasteiger partial charge on any atom is 0.267 e. The van der Waals surface area contributed by atoms with E-state index in [2.05, 4.69) is 31.0 Å². The highest BCUT2D eigenvalue weighted by atomic mass is 32.1. The summed E-state index contributed by atoms with van der Waals surface area (Å²) in [7, 11) is 4.71. The topological polar surface area (TPSA) is 64.6 Å². The van der Waals surface area contributed by atoms with Crippen LogP contribution in [0.4, 0.5) is 5.13 Å². The molecule has 0 bridgehead atoms. The first-order valence-electron chi connectivity index (χ1n) is 7.12. The molecule has 2 aromatic rings. The van der Waals surface area contributed by atoms with Gasteiger partial charge in [-0.05, 0) is 12.1 Å². The summed E-state index contributed by atoms with van der Waals surface area (Å²) in [5, 5.41) is 9.72. The van der Waals surface area contributed by atoms with Gasteiger partial charge in [0, 0.05) is 12.5 Å². The molecule has 0 unspecified atom stereocenters. The Kier molecular flexibility index (Phi) is 4.89. The van der Waals surface area contributed by atoms with Crippen molar-refractivity contribution < 1.29 is 14.3 Å². The summed E-state index contributed by atoms with van der Waals surface area (Å²) in [6, 6.07) is 5.23. The lowest BCUT2D eigenvalue weighted by atomic mass is 9.98. The molecule has 23 heavy (non-hydrogen) atoms. The number of hydrogen-bond acceptors (Lipinski definition) is 6. The predicted molar refractivity (Wildman–Crippen MR) is 90.9 cm³/mol. The van der Waals surface area contributed by atoms with Crippen LogP contribution in [0.5, 0.6) is 11.5 Å². The zero-order valence-electron chi connectivity index (χ0n) is 14.2. The summed E-state index contributed by atoms with van der Waals surface area (Å²) in [6.45, 7) is 6.17.